The van der Waals surface area contributed by atoms with E-state index in [0.717, 1.165) is 5.56 Å². The van der Waals surface area contributed by atoms with Gasteiger partial charge in [0.1, 0.15) is 5.75 Å². The number of esters is 1. The summed E-state index contributed by atoms with van der Waals surface area (Å²) in [6, 6.07) is 2.91. The summed E-state index contributed by atoms with van der Waals surface area (Å²) < 4.78 is 5.88. The Kier molecular flexibility index (Phi) is 7.86. The molecule has 0 aliphatic rings. The van der Waals surface area contributed by atoms with Gasteiger partial charge in [0, 0.05) is 6.04 Å². The molecule has 0 saturated carbocycles. The first-order valence-corrected chi connectivity index (χ1v) is 6.63. The van der Waals surface area contributed by atoms with Gasteiger partial charge in [-0.1, -0.05) is 0 Å². The third-order valence-electron chi connectivity index (χ3n) is 2.16. The van der Waals surface area contributed by atoms with Gasteiger partial charge in [-0.15, -0.1) is 12.4 Å². The largest absolute Gasteiger partial charge is 0.506 e. The Morgan fingerprint density at radius 3 is 2.39 bits per heavy atom. The molecule has 1 aromatic carbocycles. The van der Waals surface area contributed by atoms with Gasteiger partial charge < -0.3 is 15.6 Å². The molecule has 102 valence electrons. The van der Waals surface area contributed by atoms with Crippen LogP contribution in [-0.4, -0.2) is 17.7 Å². The van der Waals surface area contributed by atoms with Crippen LogP contribution >= 0.6 is 44.3 Å². The average Bonchev–Trinajstić information content (AvgIpc) is 2.25. The van der Waals surface area contributed by atoms with Gasteiger partial charge in [-0.2, -0.15) is 0 Å². The van der Waals surface area contributed by atoms with E-state index >= 15 is 0 Å². The molecule has 1 atom stereocenters. The number of aromatic hydroxyl groups is 1. The molecule has 4 nitrogen and oxygen atoms in total. The van der Waals surface area contributed by atoms with Crippen molar-refractivity contribution in [1.82, 2.24) is 0 Å². The summed E-state index contributed by atoms with van der Waals surface area (Å²) >= 11 is 6.42. The summed E-state index contributed by atoms with van der Waals surface area (Å²) in [6.45, 7) is 2.09. The number of rotatable bonds is 4. The Morgan fingerprint density at radius 2 is 1.94 bits per heavy atom. The molecule has 0 radical (unpaired) electrons. The van der Waals surface area contributed by atoms with Gasteiger partial charge in [0.2, 0.25) is 0 Å². The molecule has 0 heterocycles. The van der Waals surface area contributed by atoms with Crippen LogP contribution in [0.4, 0.5) is 0 Å². The summed E-state index contributed by atoms with van der Waals surface area (Å²) in [7, 11) is 0. The highest BCUT2D eigenvalue weighted by Crippen LogP contribution is 2.35. The quantitative estimate of drug-likeness (QED) is 0.757. The minimum absolute atomic E-state index is 0. The zero-order valence-electron chi connectivity index (χ0n) is 9.65. The molecule has 3 N–H and O–H groups in total. The number of halogens is 3. The van der Waals surface area contributed by atoms with Crippen molar-refractivity contribution < 1.29 is 14.6 Å². The first-order chi connectivity index (χ1) is 7.95. The summed E-state index contributed by atoms with van der Waals surface area (Å²) in [4.78, 5) is 11.3. The normalized spacial score (nSPS) is 11.6. The number of hydrogen-bond donors (Lipinski definition) is 2. The van der Waals surface area contributed by atoms with Gasteiger partial charge >= 0.3 is 5.97 Å². The first kappa shape index (κ1) is 17.7. The van der Waals surface area contributed by atoms with E-state index in [9.17, 15) is 9.90 Å². The maximum atomic E-state index is 11.3. The number of benzene rings is 1. The molecule has 18 heavy (non-hydrogen) atoms. The molecule has 0 spiro atoms. The predicted octanol–water partition coefficient (Wildman–Crippen LogP) is 3.29. The van der Waals surface area contributed by atoms with Crippen LogP contribution < -0.4 is 5.73 Å². The molecular formula is C11H14Br2ClNO3. The first-order valence-electron chi connectivity index (χ1n) is 5.04. The van der Waals surface area contributed by atoms with Gasteiger partial charge in [0.25, 0.3) is 0 Å². The molecule has 7 heteroatoms. The van der Waals surface area contributed by atoms with Crippen LogP contribution in [0.5, 0.6) is 5.75 Å². The topological polar surface area (TPSA) is 72.5 Å². The second-order valence-electron chi connectivity index (χ2n) is 3.45. The molecule has 1 rings (SSSR count). The molecule has 0 aliphatic carbocycles. The molecule has 1 aromatic rings. The van der Waals surface area contributed by atoms with E-state index in [0.29, 0.717) is 15.6 Å². The lowest BCUT2D eigenvalue weighted by Gasteiger charge is -2.13. The lowest BCUT2D eigenvalue weighted by molar-refractivity contribution is -0.143. The van der Waals surface area contributed by atoms with Crippen molar-refractivity contribution in [2.75, 3.05) is 6.61 Å². The third kappa shape index (κ3) is 4.76. The number of hydrogen-bond acceptors (Lipinski definition) is 4. The Balaban J connectivity index is 0.00000289. The van der Waals surface area contributed by atoms with Gasteiger partial charge in [0.15, 0.2) is 0 Å². The number of ether oxygens (including phenoxy) is 1. The third-order valence-corrected chi connectivity index (χ3v) is 3.37. The van der Waals surface area contributed by atoms with Crippen LogP contribution in [0.3, 0.4) is 0 Å². The summed E-state index contributed by atoms with van der Waals surface area (Å²) in [6.07, 6.45) is 0.109. The van der Waals surface area contributed by atoms with Crippen LogP contribution in [-0.2, 0) is 9.53 Å². The minimum Gasteiger partial charge on any atom is -0.506 e. The number of phenolic OH excluding ortho intramolecular Hbond substituents is 1. The fourth-order valence-corrected chi connectivity index (χ4v) is 2.54. The molecule has 0 aromatic heterocycles. The van der Waals surface area contributed by atoms with Crippen molar-refractivity contribution in [2.24, 2.45) is 5.73 Å². The zero-order chi connectivity index (χ0) is 13.0. The van der Waals surface area contributed by atoms with Crippen LogP contribution in [0.25, 0.3) is 0 Å². The maximum absolute atomic E-state index is 11.3. The molecule has 0 unspecified atom stereocenters. The van der Waals surface area contributed by atoms with E-state index < -0.39 is 6.04 Å². The fourth-order valence-electron chi connectivity index (χ4n) is 1.32. The van der Waals surface area contributed by atoms with Gasteiger partial charge in [0.05, 0.1) is 22.0 Å². The average molecular weight is 403 g/mol. The molecule has 0 fully saturated rings. The maximum Gasteiger partial charge on any atom is 0.307 e. The van der Waals surface area contributed by atoms with Crippen molar-refractivity contribution >= 4 is 50.2 Å². The Morgan fingerprint density at radius 1 is 1.44 bits per heavy atom. The van der Waals surface area contributed by atoms with E-state index in [4.69, 9.17) is 10.5 Å². The summed E-state index contributed by atoms with van der Waals surface area (Å²) in [5.74, 6) is -0.225. The Bertz CT molecular complexity index is 406. The van der Waals surface area contributed by atoms with Crippen molar-refractivity contribution in [3.05, 3.63) is 26.6 Å². The monoisotopic (exact) mass is 401 g/mol. The van der Waals surface area contributed by atoms with E-state index in [1.807, 2.05) is 0 Å². The van der Waals surface area contributed by atoms with Crippen molar-refractivity contribution in [3.8, 4) is 5.75 Å². The van der Waals surface area contributed by atoms with E-state index in [1.54, 1.807) is 19.1 Å². The highest BCUT2D eigenvalue weighted by molar-refractivity contribution is 9.11. The Labute approximate surface area is 129 Å². The molecule has 0 saturated heterocycles. The molecule has 0 bridgehead atoms. The highest BCUT2D eigenvalue weighted by atomic mass is 79.9. The fraction of sp³-hybridized carbons (Fsp3) is 0.364. The summed E-state index contributed by atoms with van der Waals surface area (Å²) in [5, 5.41) is 9.55. The minimum atomic E-state index is -0.456. The summed E-state index contributed by atoms with van der Waals surface area (Å²) in [5.41, 5.74) is 6.63. The second kappa shape index (κ2) is 7.99. The van der Waals surface area contributed by atoms with Gasteiger partial charge in [-0.3, -0.25) is 4.79 Å². The van der Waals surface area contributed by atoms with E-state index in [2.05, 4.69) is 31.9 Å². The lowest BCUT2D eigenvalue weighted by Crippen LogP contribution is -2.17. The van der Waals surface area contributed by atoms with Crippen molar-refractivity contribution in [3.63, 3.8) is 0 Å². The molecular weight excluding hydrogens is 389 g/mol. The number of phenols is 1. The molecule has 0 amide bonds. The second-order valence-corrected chi connectivity index (χ2v) is 5.16. The van der Waals surface area contributed by atoms with Gasteiger partial charge in [-0.25, -0.2) is 0 Å². The Hall–Kier alpha value is -0.300. The van der Waals surface area contributed by atoms with Crippen molar-refractivity contribution in [2.45, 2.75) is 19.4 Å². The lowest BCUT2D eigenvalue weighted by atomic mass is 10.0. The standard InChI is InChI=1S/C11H13Br2NO3.ClH/c1-2-17-10(15)5-9(14)6-3-7(12)11(16)8(13)4-6;/h3-4,9,16H,2,5,14H2,1H3;1H/t9-;/m1./s1. The van der Waals surface area contributed by atoms with E-state index in [1.165, 1.54) is 0 Å². The predicted molar refractivity (Wildman–Crippen MR) is 78.9 cm³/mol. The van der Waals surface area contributed by atoms with Crippen LogP contribution in [0, 0.1) is 0 Å². The number of carbonyl (C=O) groups excluding carboxylic acids is 1. The van der Waals surface area contributed by atoms with E-state index in [-0.39, 0.29) is 30.5 Å². The SMILES string of the molecule is CCOC(=O)C[C@@H](N)c1cc(Br)c(O)c(Br)c1.Cl. The number of nitrogens with two attached hydrogens (primary N) is 1. The van der Waals surface area contributed by atoms with Crippen LogP contribution in [0.15, 0.2) is 21.1 Å². The van der Waals surface area contributed by atoms with Gasteiger partial charge in [-0.05, 0) is 56.5 Å². The van der Waals surface area contributed by atoms with Crippen LogP contribution in [0.1, 0.15) is 24.9 Å². The van der Waals surface area contributed by atoms with Crippen LogP contribution in [0.2, 0.25) is 0 Å². The highest BCUT2D eigenvalue weighted by Gasteiger charge is 2.15. The molecule has 0 aliphatic heterocycles. The smallest absolute Gasteiger partial charge is 0.307 e. The zero-order valence-corrected chi connectivity index (χ0v) is 13.6. The van der Waals surface area contributed by atoms with Crippen molar-refractivity contribution in [1.29, 1.82) is 0 Å². The number of carbonyl (C=O) groups is 1.